The van der Waals surface area contributed by atoms with Gasteiger partial charge in [-0.15, -0.1) is 0 Å². The van der Waals surface area contributed by atoms with E-state index in [4.69, 9.17) is 20.8 Å². The van der Waals surface area contributed by atoms with Gasteiger partial charge in [-0.3, -0.25) is 25.2 Å². The summed E-state index contributed by atoms with van der Waals surface area (Å²) in [5.74, 6) is 0.253. The Morgan fingerprint density at radius 3 is 2.27 bits per heavy atom. The average Bonchev–Trinajstić information content (AvgIpc) is 3.11. The first-order valence-electron chi connectivity index (χ1n) is 9.83. The smallest absolute Gasteiger partial charge is 0.273 e. The minimum Gasteiger partial charge on any atom is -0.494 e. The van der Waals surface area contributed by atoms with Crippen LogP contribution >= 0.6 is 11.6 Å². The van der Waals surface area contributed by atoms with Crippen molar-refractivity contribution < 1.29 is 27.2 Å². The van der Waals surface area contributed by atoms with Crippen molar-refractivity contribution in [3.05, 3.63) is 76.2 Å². The molecule has 0 saturated heterocycles. The fourth-order valence-electron chi connectivity index (χ4n) is 2.96. The lowest BCUT2D eigenvalue weighted by atomic mass is 10.2. The van der Waals surface area contributed by atoms with E-state index in [1.165, 1.54) is 18.2 Å². The van der Waals surface area contributed by atoms with Crippen LogP contribution in [0, 0.1) is 13.8 Å². The van der Waals surface area contributed by atoms with Gasteiger partial charge in [0.2, 0.25) is 0 Å². The second kappa shape index (κ2) is 9.97. The molecule has 0 fully saturated rings. The van der Waals surface area contributed by atoms with Crippen molar-refractivity contribution in [2.24, 2.45) is 0 Å². The number of benzene rings is 2. The maximum absolute atomic E-state index is 12.9. The summed E-state index contributed by atoms with van der Waals surface area (Å²) in [6.45, 7) is 5.64. The number of carbonyl (C=O) groups excluding carboxylic acids is 2. The van der Waals surface area contributed by atoms with Crippen molar-refractivity contribution in [3.8, 4) is 5.75 Å². The summed E-state index contributed by atoms with van der Waals surface area (Å²) in [4.78, 5) is 24.4. The van der Waals surface area contributed by atoms with Crippen LogP contribution in [0.1, 0.15) is 39.2 Å². The molecule has 0 unspecified atom stereocenters. The normalized spacial score (nSPS) is 11.0. The van der Waals surface area contributed by atoms with Gasteiger partial charge in [-0.1, -0.05) is 11.6 Å². The van der Waals surface area contributed by atoms with E-state index in [0.717, 1.165) is 6.07 Å². The number of rotatable bonds is 7. The maximum Gasteiger partial charge on any atom is 0.273 e. The van der Waals surface area contributed by atoms with Gasteiger partial charge in [0, 0.05) is 11.3 Å². The van der Waals surface area contributed by atoms with Gasteiger partial charge in [-0.25, -0.2) is 8.42 Å². The van der Waals surface area contributed by atoms with Gasteiger partial charge in [0.05, 0.1) is 17.2 Å². The summed E-state index contributed by atoms with van der Waals surface area (Å²) in [6.07, 6.45) is 0. The van der Waals surface area contributed by atoms with Crippen LogP contribution in [0.2, 0.25) is 5.02 Å². The Kier molecular flexibility index (Phi) is 7.29. The predicted molar refractivity (Wildman–Crippen MR) is 123 cm³/mol. The summed E-state index contributed by atoms with van der Waals surface area (Å²) in [6, 6.07) is 11.6. The number of sulfonamides is 1. The molecule has 1 heterocycles. The van der Waals surface area contributed by atoms with Gasteiger partial charge in [0.25, 0.3) is 21.8 Å². The molecule has 3 N–H and O–H groups in total. The summed E-state index contributed by atoms with van der Waals surface area (Å²) in [5, 5.41) is -0.0708. The number of ether oxygens (including phenoxy) is 1. The van der Waals surface area contributed by atoms with Gasteiger partial charge in [0.15, 0.2) is 0 Å². The van der Waals surface area contributed by atoms with Crippen LogP contribution in [0.15, 0.2) is 57.8 Å². The second-order valence-electron chi connectivity index (χ2n) is 6.94. The lowest BCUT2D eigenvalue weighted by molar-refractivity contribution is 0.0845. The zero-order valence-corrected chi connectivity index (χ0v) is 19.6. The first-order valence-corrected chi connectivity index (χ1v) is 11.7. The van der Waals surface area contributed by atoms with Crippen molar-refractivity contribution in [1.82, 2.24) is 10.9 Å². The van der Waals surface area contributed by atoms with Crippen molar-refractivity contribution in [3.63, 3.8) is 0 Å². The van der Waals surface area contributed by atoms with E-state index in [1.807, 2.05) is 6.92 Å². The van der Waals surface area contributed by atoms with Gasteiger partial charge in [0.1, 0.15) is 22.2 Å². The fourth-order valence-corrected chi connectivity index (χ4v) is 4.54. The Labute approximate surface area is 196 Å². The van der Waals surface area contributed by atoms with Gasteiger partial charge >= 0.3 is 0 Å². The summed E-state index contributed by atoms with van der Waals surface area (Å²) in [5.41, 5.74) is 5.06. The van der Waals surface area contributed by atoms with Crippen LogP contribution < -0.4 is 20.3 Å². The van der Waals surface area contributed by atoms with Crippen molar-refractivity contribution in [1.29, 1.82) is 0 Å². The van der Waals surface area contributed by atoms with E-state index < -0.39 is 21.8 Å². The number of aryl methyl sites for hydroxylation is 2. The Bertz CT molecular complexity index is 1290. The van der Waals surface area contributed by atoms with Crippen molar-refractivity contribution >= 4 is 39.1 Å². The van der Waals surface area contributed by atoms with E-state index in [-0.39, 0.29) is 21.0 Å². The molecular weight excluding hydrogens is 470 g/mol. The Hall–Kier alpha value is -3.50. The quantitative estimate of drug-likeness (QED) is 0.431. The third kappa shape index (κ3) is 5.85. The number of nitrogens with one attached hydrogen (secondary N) is 3. The Balaban J connectivity index is 1.74. The molecule has 0 aliphatic carbocycles. The molecule has 0 bridgehead atoms. The van der Waals surface area contributed by atoms with Crippen LogP contribution in [-0.4, -0.2) is 26.8 Å². The van der Waals surface area contributed by atoms with E-state index >= 15 is 0 Å². The molecule has 0 spiro atoms. The SMILES string of the molecule is CCOc1ccc(NS(=O)(=O)c2cc(C(=O)NNC(=O)c3cc(C)oc3C)ccc2Cl)cc1. The molecule has 0 aliphatic rings. The molecule has 3 aromatic rings. The highest BCUT2D eigenvalue weighted by molar-refractivity contribution is 7.92. The van der Waals surface area contributed by atoms with Crippen LogP contribution in [0.3, 0.4) is 0 Å². The van der Waals surface area contributed by atoms with Crippen LogP contribution in [0.25, 0.3) is 0 Å². The minimum absolute atomic E-state index is 0.0214. The van der Waals surface area contributed by atoms with Crippen molar-refractivity contribution in [2.45, 2.75) is 25.7 Å². The molecule has 0 saturated carbocycles. The van der Waals surface area contributed by atoms with E-state index in [0.29, 0.717) is 29.6 Å². The summed E-state index contributed by atoms with van der Waals surface area (Å²) in [7, 11) is -4.10. The number of hydrogen-bond donors (Lipinski definition) is 3. The van der Waals surface area contributed by atoms with Crippen molar-refractivity contribution in [2.75, 3.05) is 11.3 Å². The number of hydrogen-bond acceptors (Lipinski definition) is 6. The molecule has 2 aromatic carbocycles. The molecule has 33 heavy (non-hydrogen) atoms. The maximum atomic E-state index is 12.9. The highest BCUT2D eigenvalue weighted by Crippen LogP contribution is 2.26. The molecule has 2 amide bonds. The van der Waals surface area contributed by atoms with Gasteiger partial charge in [-0.2, -0.15) is 0 Å². The monoisotopic (exact) mass is 491 g/mol. The number of halogens is 1. The third-order valence-electron chi connectivity index (χ3n) is 4.48. The number of carbonyl (C=O) groups is 2. The zero-order chi connectivity index (χ0) is 24.2. The van der Waals surface area contributed by atoms with Crippen LogP contribution in [-0.2, 0) is 10.0 Å². The molecule has 0 aliphatic heterocycles. The molecule has 3 rings (SSSR count). The summed E-state index contributed by atoms with van der Waals surface area (Å²) < 4.78 is 38.8. The lowest BCUT2D eigenvalue weighted by Gasteiger charge is -2.12. The Morgan fingerprint density at radius 1 is 1.00 bits per heavy atom. The number of hydrazine groups is 1. The lowest BCUT2D eigenvalue weighted by Crippen LogP contribution is -2.41. The Morgan fingerprint density at radius 2 is 1.67 bits per heavy atom. The standard InChI is InChI=1S/C22H22ClN3O6S/c1-4-31-17-8-6-16(7-9-17)26-33(29,30)20-12-15(5-10-19(20)23)21(27)24-25-22(28)18-11-13(2)32-14(18)3/h5-12,26H,4H2,1-3H3,(H,24,27)(H,25,28). The van der Waals surface area contributed by atoms with E-state index in [2.05, 4.69) is 15.6 Å². The molecule has 0 radical (unpaired) electrons. The van der Waals surface area contributed by atoms with Crippen LogP contribution in [0.5, 0.6) is 5.75 Å². The first kappa shape index (κ1) is 24.1. The number of amides is 2. The van der Waals surface area contributed by atoms with E-state index in [9.17, 15) is 18.0 Å². The zero-order valence-electron chi connectivity index (χ0n) is 18.1. The predicted octanol–water partition coefficient (Wildman–Crippen LogP) is 3.82. The molecule has 11 heteroatoms. The molecular formula is C22H22ClN3O6S. The molecule has 0 atom stereocenters. The highest BCUT2D eigenvalue weighted by atomic mass is 35.5. The third-order valence-corrected chi connectivity index (χ3v) is 6.34. The highest BCUT2D eigenvalue weighted by Gasteiger charge is 2.21. The second-order valence-corrected chi connectivity index (χ2v) is 9.00. The topological polar surface area (TPSA) is 127 Å². The molecule has 174 valence electrons. The van der Waals surface area contributed by atoms with E-state index in [1.54, 1.807) is 38.1 Å². The number of furan rings is 1. The average molecular weight is 492 g/mol. The van der Waals surface area contributed by atoms with Crippen LogP contribution in [0.4, 0.5) is 5.69 Å². The first-order chi connectivity index (χ1) is 15.6. The molecule has 9 nitrogen and oxygen atoms in total. The minimum atomic E-state index is -4.10. The summed E-state index contributed by atoms with van der Waals surface area (Å²) >= 11 is 6.09. The van der Waals surface area contributed by atoms with Gasteiger partial charge < -0.3 is 9.15 Å². The fraction of sp³-hybridized carbons (Fsp3) is 0.182. The number of anilines is 1. The largest absolute Gasteiger partial charge is 0.494 e. The van der Waals surface area contributed by atoms with Gasteiger partial charge in [-0.05, 0) is 69.3 Å². The molecule has 1 aromatic heterocycles.